The number of carboxylic acid groups (broad SMARTS) is 1. The standard InChI is InChI=1S/C36H31N5O4S3/c37-18-10-19-46-24-30(42)39-31-33(43)41-32(35(44)45)29(23-48-34(31)41)47-20-17-25-21-38-40(22-25)36(26-11-4-1-5-12-26,27-13-6-2-7-14-27)28-15-8-3-9-16-28/h1-16,19,21-22,31,34H,17,20,23-24H2,(H,39,42)(H,44,45)/b19-10-/t31-,34-/m1/s1. The SMILES string of the molecule is N#C/C=C\SCC(=O)N[C@@H]1C(=O)N2C(C(=O)O)=C(SCCc3cnn(C(c4ccccc4)(c4ccccc4)c4ccccc4)c3)CS[C@H]12. The molecule has 2 aliphatic heterocycles. The van der Waals surface area contributed by atoms with Crippen molar-refractivity contribution in [1.82, 2.24) is 20.0 Å². The second-order valence-electron chi connectivity index (χ2n) is 11.0. The average Bonchev–Trinajstić information content (AvgIpc) is 3.59. The van der Waals surface area contributed by atoms with E-state index < -0.39 is 28.8 Å². The van der Waals surface area contributed by atoms with Crippen LogP contribution in [0.15, 0.2) is 125 Å². The molecule has 0 radical (unpaired) electrons. The van der Waals surface area contributed by atoms with Gasteiger partial charge in [0.15, 0.2) is 0 Å². The van der Waals surface area contributed by atoms with Crippen LogP contribution >= 0.6 is 35.3 Å². The van der Waals surface area contributed by atoms with Crippen LogP contribution < -0.4 is 5.32 Å². The van der Waals surface area contributed by atoms with Crippen molar-refractivity contribution < 1.29 is 19.5 Å². The molecule has 6 rings (SSSR count). The topological polar surface area (TPSA) is 128 Å². The van der Waals surface area contributed by atoms with Crippen molar-refractivity contribution >= 4 is 53.1 Å². The number of allylic oxidation sites excluding steroid dienone is 1. The molecule has 1 aromatic heterocycles. The minimum atomic E-state index is -1.16. The molecule has 4 aromatic rings. The van der Waals surface area contributed by atoms with Crippen LogP contribution in [0.3, 0.4) is 0 Å². The highest BCUT2D eigenvalue weighted by atomic mass is 32.2. The Labute approximate surface area is 291 Å². The summed E-state index contributed by atoms with van der Waals surface area (Å²) in [6.45, 7) is 0. The van der Waals surface area contributed by atoms with E-state index in [2.05, 4.69) is 47.9 Å². The van der Waals surface area contributed by atoms with Gasteiger partial charge in [-0.1, -0.05) is 91.0 Å². The summed E-state index contributed by atoms with van der Waals surface area (Å²) >= 11 is 4.02. The summed E-state index contributed by atoms with van der Waals surface area (Å²) in [5.74, 6) is -0.877. The fraction of sp³-hybridized carbons (Fsp3) is 0.194. The first-order valence-corrected chi connectivity index (χ1v) is 18.2. The Kier molecular flexibility index (Phi) is 10.4. The largest absolute Gasteiger partial charge is 0.477 e. The van der Waals surface area contributed by atoms with Crippen LogP contribution in [0.1, 0.15) is 22.3 Å². The number of hydrogen-bond acceptors (Lipinski definition) is 8. The molecule has 9 nitrogen and oxygen atoms in total. The number of aliphatic carboxylic acids is 1. The van der Waals surface area contributed by atoms with E-state index in [0.717, 1.165) is 34.0 Å². The minimum Gasteiger partial charge on any atom is -0.477 e. The van der Waals surface area contributed by atoms with Gasteiger partial charge in [0.2, 0.25) is 5.91 Å². The first-order chi connectivity index (χ1) is 23.4. The Balaban J connectivity index is 1.20. The van der Waals surface area contributed by atoms with E-state index in [0.29, 0.717) is 22.8 Å². The third-order valence-electron chi connectivity index (χ3n) is 8.13. The lowest BCUT2D eigenvalue weighted by atomic mass is 9.77. The van der Waals surface area contributed by atoms with Crippen LogP contribution in [-0.4, -0.2) is 66.2 Å². The van der Waals surface area contributed by atoms with Crippen molar-refractivity contribution in [2.24, 2.45) is 0 Å². The summed E-state index contributed by atoms with van der Waals surface area (Å²) in [7, 11) is 0. The molecule has 2 atom stereocenters. The van der Waals surface area contributed by atoms with E-state index in [1.807, 2.05) is 71.5 Å². The van der Waals surface area contributed by atoms with Crippen LogP contribution in [0.2, 0.25) is 0 Å². The summed E-state index contributed by atoms with van der Waals surface area (Å²) in [6, 6.07) is 32.0. The molecule has 242 valence electrons. The van der Waals surface area contributed by atoms with Crippen LogP contribution in [0.5, 0.6) is 0 Å². The molecule has 0 bridgehead atoms. The molecular weight excluding hydrogens is 663 g/mol. The Hall–Kier alpha value is -4.70. The van der Waals surface area contributed by atoms with Gasteiger partial charge in [0.1, 0.15) is 22.7 Å². The van der Waals surface area contributed by atoms with E-state index in [9.17, 15) is 19.5 Å². The van der Waals surface area contributed by atoms with Crippen LogP contribution in [0, 0.1) is 11.3 Å². The zero-order valence-corrected chi connectivity index (χ0v) is 28.1. The first-order valence-electron chi connectivity index (χ1n) is 15.1. The summed E-state index contributed by atoms with van der Waals surface area (Å²) in [6.07, 6.45) is 5.83. The van der Waals surface area contributed by atoms with Crippen LogP contribution in [-0.2, 0) is 26.3 Å². The number of aromatic nitrogens is 2. The third-order valence-corrected chi connectivity index (χ3v) is 11.4. The zero-order chi connectivity index (χ0) is 33.5. The fourth-order valence-electron chi connectivity index (χ4n) is 6.02. The number of carboxylic acids is 1. The van der Waals surface area contributed by atoms with Crippen LogP contribution in [0.25, 0.3) is 0 Å². The maximum absolute atomic E-state index is 13.0. The Morgan fingerprint density at radius 1 is 1.02 bits per heavy atom. The number of hydrogen-bond donors (Lipinski definition) is 2. The van der Waals surface area contributed by atoms with E-state index >= 15 is 0 Å². The number of aryl methyl sites for hydroxylation is 1. The van der Waals surface area contributed by atoms with Gasteiger partial charge in [0.25, 0.3) is 5.91 Å². The maximum Gasteiger partial charge on any atom is 0.353 e. The second-order valence-corrected chi connectivity index (χ2v) is 14.2. The molecule has 2 N–H and O–H groups in total. The quantitative estimate of drug-likeness (QED) is 0.107. The molecule has 0 unspecified atom stereocenters. The van der Waals surface area contributed by atoms with Crippen LogP contribution in [0.4, 0.5) is 0 Å². The van der Waals surface area contributed by atoms with Crippen molar-refractivity contribution in [2.45, 2.75) is 23.4 Å². The maximum atomic E-state index is 13.0. The summed E-state index contributed by atoms with van der Waals surface area (Å²) in [5, 5.41) is 27.3. The predicted molar refractivity (Wildman–Crippen MR) is 190 cm³/mol. The Morgan fingerprint density at radius 3 is 2.19 bits per heavy atom. The van der Waals surface area contributed by atoms with E-state index in [-0.39, 0.29) is 17.4 Å². The average molecular weight is 694 g/mol. The van der Waals surface area contributed by atoms with Crippen molar-refractivity contribution in [2.75, 3.05) is 17.3 Å². The van der Waals surface area contributed by atoms with Crippen molar-refractivity contribution in [3.05, 3.63) is 148 Å². The highest BCUT2D eigenvalue weighted by Gasteiger charge is 2.54. The first kappa shape index (κ1) is 33.2. The lowest BCUT2D eigenvalue weighted by molar-refractivity contribution is -0.150. The second kappa shape index (κ2) is 15.0. The van der Waals surface area contributed by atoms with Gasteiger partial charge in [-0.2, -0.15) is 10.4 Å². The number of carbonyl (C=O) groups is 3. The number of thioether (sulfide) groups is 3. The van der Waals surface area contributed by atoms with Gasteiger partial charge in [-0.3, -0.25) is 19.2 Å². The monoisotopic (exact) mass is 693 g/mol. The molecule has 48 heavy (non-hydrogen) atoms. The van der Waals surface area contributed by atoms with Gasteiger partial charge in [-0.05, 0) is 34.1 Å². The molecule has 2 aliphatic rings. The van der Waals surface area contributed by atoms with Crippen molar-refractivity contribution in [1.29, 1.82) is 5.26 Å². The number of benzene rings is 3. The van der Waals surface area contributed by atoms with Crippen molar-refractivity contribution in [3.8, 4) is 6.07 Å². The van der Waals surface area contributed by atoms with Crippen molar-refractivity contribution in [3.63, 3.8) is 0 Å². The van der Waals surface area contributed by atoms with Gasteiger partial charge in [0.05, 0.1) is 18.0 Å². The smallest absolute Gasteiger partial charge is 0.353 e. The lowest BCUT2D eigenvalue weighted by Gasteiger charge is -2.49. The summed E-state index contributed by atoms with van der Waals surface area (Å²) in [5.41, 5.74) is 3.47. The number of nitriles is 1. The number of nitrogens with zero attached hydrogens (tertiary/aromatic N) is 4. The molecular formula is C36H31N5O4S3. The molecule has 0 aliphatic carbocycles. The molecule has 2 amide bonds. The van der Waals surface area contributed by atoms with E-state index in [1.54, 1.807) is 0 Å². The molecule has 3 aromatic carbocycles. The Bertz CT molecular complexity index is 1790. The van der Waals surface area contributed by atoms with Gasteiger partial charge < -0.3 is 10.4 Å². The van der Waals surface area contributed by atoms with Gasteiger partial charge in [-0.25, -0.2) is 4.79 Å². The minimum absolute atomic E-state index is 0.0162. The lowest BCUT2D eigenvalue weighted by Crippen LogP contribution is -2.70. The highest BCUT2D eigenvalue weighted by Crippen LogP contribution is 2.44. The third kappa shape index (κ3) is 6.54. The molecule has 12 heteroatoms. The molecule has 1 saturated heterocycles. The highest BCUT2D eigenvalue weighted by molar-refractivity contribution is 8.06. The van der Waals surface area contributed by atoms with E-state index in [1.165, 1.54) is 39.9 Å². The predicted octanol–water partition coefficient (Wildman–Crippen LogP) is 5.47. The number of β-lactam (4-membered cyclic amide) rings is 1. The number of fused-ring (bicyclic) bond motifs is 1. The number of rotatable bonds is 13. The number of amides is 2. The normalized spacial score (nSPS) is 17.5. The summed E-state index contributed by atoms with van der Waals surface area (Å²) in [4.78, 5) is 39.6. The van der Waals surface area contributed by atoms with E-state index in [4.69, 9.17) is 10.4 Å². The summed E-state index contributed by atoms with van der Waals surface area (Å²) < 4.78 is 2.02. The fourth-order valence-corrected chi connectivity index (χ4v) is 9.14. The molecule has 1 fully saturated rings. The molecule has 3 heterocycles. The number of nitrogens with one attached hydrogen (secondary N) is 1. The molecule has 0 spiro atoms. The van der Waals surface area contributed by atoms with Gasteiger partial charge in [-0.15, -0.1) is 35.3 Å². The van der Waals surface area contributed by atoms with Gasteiger partial charge >= 0.3 is 5.97 Å². The Morgan fingerprint density at radius 2 is 1.62 bits per heavy atom. The number of carbonyl (C=O) groups excluding carboxylic acids is 2. The zero-order valence-electron chi connectivity index (χ0n) is 25.6. The molecule has 0 saturated carbocycles. The van der Waals surface area contributed by atoms with Gasteiger partial charge in [0, 0.05) is 28.7 Å².